The summed E-state index contributed by atoms with van der Waals surface area (Å²) in [5.41, 5.74) is 2.21. The second-order valence-corrected chi connectivity index (χ2v) is 9.28. The van der Waals surface area contributed by atoms with E-state index in [0.717, 1.165) is 22.2 Å². The van der Waals surface area contributed by atoms with E-state index < -0.39 is 29.6 Å². The second-order valence-electron chi connectivity index (χ2n) is 7.88. The molecule has 12 heteroatoms. The Kier molecular flexibility index (Phi) is 7.04. The van der Waals surface area contributed by atoms with Gasteiger partial charge in [-0.1, -0.05) is 17.7 Å². The molecule has 1 aliphatic rings. The summed E-state index contributed by atoms with van der Waals surface area (Å²) in [6.07, 6.45) is 1.55. The summed E-state index contributed by atoms with van der Waals surface area (Å²) < 4.78 is 7.95. The molecule has 0 bridgehead atoms. The van der Waals surface area contributed by atoms with E-state index in [9.17, 15) is 24.0 Å². The number of carbonyl (C=O) groups excluding carboxylic acids is 4. The number of imidazole rings is 1. The van der Waals surface area contributed by atoms with Gasteiger partial charge < -0.3 is 10.1 Å². The molecule has 1 saturated heterocycles. The third kappa shape index (κ3) is 4.79. The summed E-state index contributed by atoms with van der Waals surface area (Å²) in [5, 5.41) is 2.14. The summed E-state index contributed by atoms with van der Waals surface area (Å²) in [6.45, 7) is 1.31. The van der Waals surface area contributed by atoms with Crippen LogP contribution in [0.1, 0.15) is 22.8 Å². The largest absolute Gasteiger partial charge is 0.462 e. The van der Waals surface area contributed by atoms with E-state index in [2.05, 4.69) is 5.32 Å². The van der Waals surface area contributed by atoms with Crippen LogP contribution < -0.4 is 11.0 Å². The molecule has 0 atom stereocenters. The molecule has 1 fully saturated rings. The minimum Gasteiger partial charge on any atom is -0.462 e. The minimum atomic E-state index is -0.636. The normalized spacial score (nSPS) is 14.7. The SMILES string of the molecule is CCOC(=O)c1cc(NC(=O)CN2C(=O)S/C(=C/c3ccc4c(c3)n(C)c(=O)n4C)C2=O)ccc1Cl. The first-order valence-electron chi connectivity index (χ1n) is 10.8. The Bertz CT molecular complexity index is 1520. The van der Waals surface area contributed by atoms with E-state index in [-0.39, 0.29) is 33.5 Å². The highest BCUT2D eigenvalue weighted by molar-refractivity contribution is 8.18. The van der Waals surface area contributed by atoms with Gasteiger partial charge in [0, 0.05) is 19.8 Å². The highest BCUT2D eigenvalue weighted by Crippen LogP contribution is 2.32. The van der Waals surface area contributed by atoms with Crippen molar-refractivity contribution in [1.29, 1.82) is 0 Å². The number of carbonyl (C=O) groups is 4. The molecule has 3 aromatic rings. The van der Waals surface area contributed by atoms with Gasteiger partial charge in [0.1, 0.15) is 6.54 Å². The van der Waals surface area contributed by atoms with Crippen molar-refractivity contribution in [3.63, 3.8) is 0 Å². The molecule has 1 aliphatic heterocycles. The number of imide groups is 1. The average molecular weight is 529 g/mol. The van der Waals surface area contributed by atoms with Crippen molar-refractivity contribution in [2.75, 3.05) is 18.5 Å². The Labute approximate surface area is 214 Å². The van der Waals surface area contributed by atoms with Crippen LogP contribution in [0.25, 0.3) is 17.1 Å². The van der Waals surface area contributed by atoms with Crippen LogP contribution in [0, 0.1) is 0 Å². The molecule has 10 nitrogen and oxygen atoms in total. The lowest BCUT2D eigenvalue weighted by Crippen LogP contribution is -2.36. The summed E-state index contributed by atoms with van der Waals surface area (Å²) in [6, 6.07) is 9.54. The molecular formula is C24H21ClN4O6S. The number of thioether (sulfide) groups is 1. The lowest BCUT2D eigenvalue weighted by atomic mass is 10.2. The van der Waals surface area contributed by atoms with Gasteiger partial charge in [0.2, 0.25) is 5.91 Å². The molecule has 0 radical (unpaired) electrons. The van der Waals surface area contributed by atoms with Gasteiger partial charge >= 0.3 is 11.7 Å². The maximum Gasteiger partial charge on any atom is 0.339 e. The molecule has 3 amide bonds. The van der Waals surface area contributed by atoms with Gasteiger partial charge in [-0.15, -0.1) is 0 Å². The number of anilines is 1. The van der Waals surface area contributed by atoms with Gasteiger partial charge in [0.15, 0.2) is 0 Å². The summed E-state index contributed by atoms with van der Waals surface area (Å²) >= 11 is 6.76. The first-order chi connectivity index (χ1) is 17.1. The highest BCUT2D eigenvalue weighted by atomic mass is 35.5. The number of halogens is 1. The zero-order valence-corrected chi connectivity index (χ0v) is 21.1. The number of ether oxygens (including phenoxy) is 1. The summed E-state index contributed by atoms with van der Waals surface area (Å²) in [7, 11) is 3.32. The van der Waals surface area contributed by atoms with E-state index in [4.69, 9.17) is 16.3 Å². The Hall–Kier alpha value is -3.83. The number of hydrogen-bond donors (Lipinski definition) is 1. The Morgan fingerprint density at radius 1 is 1.06 bits per heavy atom. The van der Waals surface area contributed by atoms with Crippen LogP contribution in [-0.4, -0.2) is 50.2 Å². The predicted octanol–water partition coefficient (Wildman–Crippen LogP) is 3.38. The zero-order chi connectivity index (χ0) is 26.1. The van der Waals surface area contributed by atoms with Crippen LogP contribution in [0.5, 0.6) is 0 Å². The fourth-order valence-electron chi connectivity index (χ4n) is 3.71. The number of benzene rings is 2. The van der Waals surface area contributed by atoms with Crippen LogP contribution in [0.3, 0.4) is 0 Å². The zero-order valence-electron chi connectivity index (χ0n) is 19.5. The van der Waals surface area contributed by atoms with Gasteiger partial charge in [-0.2, -0.15) is 0 Å². The molecule has 1 aromatic heterocycles. The van der Waals surface area contributed by atoms with Crippen molar-refractivity contribution in [3.05, 3.63) is 67.9 Å². The molecule has 0 aliphatic carbocycles. The third-order valence-corrected chi connectivity index (χ3v) is 6.75. The van der Waals surface area contributed by atoms with Crippen LogP contribution >= 0.6 is 23.4 Å². The van der Waals surface area contributed by atoms with E-state index in [1.165, 1.54) is 27.3 Å². The Balaban J connectivity index is 1.49. The Morgan fingerprint density at radius 2 is 1.78 bits per heavy atom. The van der Waals surface area contributed by atoms with E-state index in [1.54, 1.807) is 45.3 Å². The summed E-state index contributed by atoms with van der Waals surface area (Å²) in [5.74, 6) is -1.87. The van der Waals surface area contributed by atoms with E-state index in [0.29, 0.717) is 11.1 Å². The topological polar surface area (TPSA) is 120 Å². The van der Waals surface area contributed by atoms with Crippen molar-refractivity contribution in [3.8, 4) is 0 Å². The number of rotatable bonds is 6. The van der Waals surface area contributed by atoms with Gasteiger partial charge in [-0.3, -0.25) is 28.4 Å². The number of amides is 3. The Morgan fingerprint density at radius 3 is 2.50 bits per heavy atom. The smallest absolute Gasteiger partial charge is 0.339 e. The minimum absolute atomic E-state index is 0.0818. The molecule has 4 rings (SSSR count). The van der Waals surface area contributed by atoms with Crippen LogP contribution in [0.15, 0.2) is 46.1 Å². The van der Waals surface area contributed by atoms with Crippen LogP contribution in [0.2, 0.25) is 5.02 Å². The van der Waals surface area contributed by atoms with E-state index in [1.807, 2.05) is 0 Å². The molecule has 186 valence electrons. The first kappa shape index (κ1) is 25.3. The van der Waals surface area contributed by atoms with Crippen molar-refractivity contribution >= 4 is 69.2 Å². The molecule has 2 aromatic carbocycles. The summed E-state index contributed by atoms with van der Waals surface area (Å²) in [4.78, 5) is 63.0. The third-order valence-electron chi connectivity index (χ3n) is 5.51. The average Bonchev–Trinajstić information content (AvgIpc) is 3.22. The van der Waals surface area contributed by atoms with Gasteiger partial charge in [-0.05, 0) is 60.7 Å². The standard InChI is InChI=1S/C24H21ClN4O6S/c1-4-35-22(32)15-11-14(6-7-16(15)25)26-20(30)12-29-21(31)19(36-24(29)34)10-13-5-8-17-18(9-13)28(3)23(33)27(17)2/h5-11H,4,12H2,1-3H3,(H,26,30)/b19-10+. The number of aromatic nitrogens is 2. The van der Waals surface area contributed by atoms with Crippen LogP contribution in [-0.2, 0) is 28.4 Å². The molecule has 36 heavy (non-hydrogen) atoms. The molecule has 1 N–H and O–H groups in total. The van der Waals surface area contributed by atoms with Crippen molar-refractivity contribution in [2.24, 2.45) is 14.1 Å². The maximum absolute atomic E-state index is 12.9. The number of aryl methyl sites for hydroxylation is 2. The lowest BCUT2D eigenvalue weighted by Gasteiger charge is -2.13. The molecule has 0 saturated carbocycles. The van der Waals surface area contributed by atoms with Crippen molar-refractivity contribution in [2.45, 2.75) is 6.92 Å². The molecule has 0 spiro atoms. The van der Waals surface area contributed by atoms with Crippen molar-refractivity contribution in [1.82, 2.24) is 14.0 Å². The second kappa shape index (κ2) is 10.0. The predicted molar refractivity (Wildman–Crippen MR) is 137 cm³/mol. The molecule has 0 unspecified atom stereocenters. The number of nitrogens with zero attached hydrogens (tertiary/aromatic N) is 3. The van der Waals surface area contributed by atoms with E-state index >= 15 is 0 Å². The number of fused-ring (bicyclic) bond motifs is 1. The number of hydrogen-bond acceptors (Lipinski definition) is 7. The number of esters is 1. The van der Waals surface area contributed by atoms with Crippen LogP contribution in [0.4, 0.5) is 10.5 Å². The molecular weight excluding hydrogens is 508 g/mol. The van der Waals surface area contributed by atoms with Gasteiger partial charge in [-0.25, -0.2) is 9.59 Å². The first-order valence-corrected chi connectivity index (χ1v) is 12.0. The highest BCUT2D eigenvalue weighted by Gasteiger charge is 2.36. The monoisotopic (exact) mass is 528 g/mol. The quantitative estimate of drug-likeness (QED) is 0.384. The lowest BCUT2D eigenvalue weighted by molar-refractivity contribution is -0.127. The maximum atomic E-state index is 12.9. The molecule has 2 heterocycles. The number of nitrogens with one attached hydrogen (secondary N) is 1. The van der Waals surface area contributed by atoms with Gasteiger partial charge in [0.05, 0.1) is 33.1 Å². The fraction of sp³-hybridized carbons (Fsp3) is 0.208. The van der Waals surface area contributed by atoms with Crippen molar-refractivity contribution < 1.29 is 23.9 Å². The van der Waals surface area contributed by atoms with Gasteiger partial charge in [0.25, 0.3) is 11.1 Å². The fourth-order valence-corrected chi connectivity index (χ4v) is 4.75.